The number of carbonyl (C=O) groups is 2. The molecule has 0 aliphatic carbocycles. The number of ether oxygens (including phenoxy) is 1. The van der Waals surface area contributed by atoms with Crippen molar-refractivity contribution in [3.05, 3.63) is 52.7 Å². The van der Waals surface area contributed by atoms with Crippen molar-refractivity contribution >= 4 is 35.0 Å². The molecular weight excluding hydrogens is 406 g/mol. The summed E-state index contributed by atoms with van der Waals surface area (Å²) in [6, 6.07) is 12.0. The fourth-order valence-corrected chi connectivity index (χ4v) is 3.34. The van der Waals surface area contributed by atoms with Crippen molar-refractivity contribution in [3.63, 3.8) is 0 Å². The standard InChI is InChI=1S/C21H18ClN5O3/c22-18-9-17(3-2-16(18)11-24)26-20(28)13-30-21(29)15-5-7-27(8-6-15)19-4-1-14(10-23)12-25-19/h1-4,9,12,15H,5-8,13H2,(H,26,28). The number of anilines is 2. The van der Waals surface area contributed by atoms with Crippen LogP contribution in [0.5, 0.6) is 0 Å². The third kappa shape index (κ3) is 5.25. The minimum atomic E-state index is -0.483. The Morgan fingerprint density at radius 1 is 1.20 bits per heavy atom. The summed E-state index contributed by atoms with van der Waals surface area (Å²) in [5.74, 6) is -0.406. The van der Waals surface area contributed by atoms with E-state index in [-0.39, 0.29) is 10.9 Å². The van der Waals surface area contributed by atoms with Gasteiger partial charge in [-0.2, -0.15) is 10.5 Å². The van der Waals surface area contributed by atoms with Crippen LogP contribution >= 0.6 is 11.6 Å². The molecule has 2 aromatic rings. The molecule has 2 heterocycles. The number of aromatic nitrogens is 1. The minimum absolute atomic E-state index is 0.232. The summed E-state index contributed by atoms with van der Waals surface area (Å²) in [4.78, 5) is 30.6. The average Bonchev–Trinajstić information content (AvgIpc) is 2.78. The van der Waals surface area contributed by atoms with Crippen LogP contribution in [0.2, 0.25) is 5.02 Å². The van der Waals surface area contributed by atoms with E-state index in [2.05, 4.69) is 10.3 Å². The molecule has 9 heteroatoms. The first-order valence-corrected chi connectivity index (χ1v) is 9.65. The number of esters is 1. The van der Waals surface area contributed by atoms with Gasteiger partial charge in [0.05, 0.1) is 22.1 Å². The van der Waals surface area contributed by atoms with Crippen LogP contribution in [0.4, 0.5) is 11.5 Å². The molecule has 3 rings (SSSR count). The van der Waals surface area contributed by atoms with Crippen LogP contribution in [0.15, 0.2) is 36.5 Å². The minimum Gasteiger partial charge on any atom is -0.455 e. The predicted octanol–water partition coefficient (Wildman–Crippen LogP) is 2.88. The van der Waals surface area contributed by atoms with Gasteiger partial charge in [0.25, 0.3) is 5.91 Å². The fourth-order valence-electron chi connectivity index (χ4n) is 3.12. The number of nitrogens with one attached hydrogen (secondary N) is 1. The van der Waals surface area contributed by atoms with Gasteiger partial charge in [-0.15, -0.1) is 0 Å². The number of piperidine rings is 1. The summed E-state index contributed by atoms with van der Waals surface area (Å²) in [6.45, 7) is 0.872. The second kappa shape index (κ2) is 9.73. The van der Waals surface area contributed by atoms with E-state index in [1.807, 2.05) is 17.0 Å². The molecule has 0 bridgehead atoms. The van der Waals surface area contributed by atoms with Crippen molar-refractivity contribution in [2.75, 3.05) is 29.9 Å². The quantitative estimate of drug-likeness (QED) is 0.734. The number of carbonyl (C=O) groups excluding carboxylic acids is 2. The van der Waals surface area contributed by atoms with E-state index >= 15 is 0 Å². The molecule has 152 valence electrons. The lowest BCUT2D eigenvalue weighted by atomic mass is 9.97. The molecule has 0 spiro atoms. The lowest BCUT2D eigenvalue weighted by Gasteiger charge is -2.31. The van der Waals surface area contributed by atoms with E-state index in [0.717, 1.165) is 5.82 Å². The zero-order chi connectivity index (χ0) is 21.5. The Labute approximate surface area is 178 Å². The van der Waals surface area contributed by atoms with E-state index in [9.17, 15) is 9.59 Å². The molecule has 1 saturated heterocycles. The van der Waals surface area contributed by atoms with E-state index in [4.69, 9.17) is 26.9 Å². The summed E-state index contributed by atoms with van der Waals surface area (Å²) >= 11 is 5.93. The van der Waals surface area contributed by atoms with Gasteiger partial charge in [-0.05, 0) is 43.2 Å². The summed E-state index contributed by atoms with van der Waals surface area (Å²) in [5.41, 5.74) is 1.23. The Balaban J connectivity index is 1.44. The first-order chi connectivity index (χ1) is 14.5. The Morgan fingerprint density at radius 3 is 2.57 bits per heavy atom. The highest BCUT2D eigenvalue weighted by Gasteiger charge is 2.27. The Morgan fingerprint density at radius 2 is 1.97 bits per heavy atom. The largest absolute Gasteiger partial charge is 0.455 e. The molecule has 1 N–H and O–H groups in total. The van der Waals surface area contributed by atoms with Crippen molar-refractivity contribution in [1.29, 1.82) is 10.5 Å². The molecule has 0 radical (unpaired) electrons. The molecular formula is C21H18ClN5O3. The van der Waals surface area contributed by atoms with Gasteiger partial charge >= 0.3 is 5.97 Å². The van der Waals surface area contributed by atoms with Gasteiger partial charge in [0.2, 0.25) is 0 Å². The third-order valence-corrected chi connectivity index (χ3v) is 5.06. The maximum absolute atomic E-state index is 12.3. The highest BCUT2D eigenvalue weighted by atomic mass is 35.5. The monoisotopic (exact) mass is 423 g/mol. The first kappa shape index (κ1) is 21.1. The summed E-state index contributed by atoms with van der Waals surface area (Å²) in [6.07, 6.45) is 2.70. The number of nitrogens with zero attached hydrogens (tertiary/aromatic N) is 4. The van der Waals surface area contributed by atoms with Gasteiger partial charge in [-0.1, -0.05) is 11.6 Å². The van der Waals surface area contributed by atoms with Gasteiger partial charge in [0.1, 0.15) is 18.0 Å². The molecule has 30 heavy (non-hydrogen) atoms. The van der Waals surface area contributed by atoms with E-state index in [0.29, 0.717) is 42.7 Å². The Bertz CT molecular complexity index is 1020. The summed E-state index contributed by atoms with van der Waals surface area (Å²) in [7, 11) is 0. The fraction of sp³-hybridized carbons (Fsp3) is 0.286. The SMILES string of the molecule is N#Cc1ccc(N2CCC(C(=O)OCC(=O)Nc3ccc(C#N)c(Cl)c3)CC2)nc1. The normalized spacial score (nSPS) is 13.8. The average molecular weight is 424 g/mol. The molecule has 0 unspecified atom stereocenters. The molecule has 1 aromatic carbocycles. The predicted molar refractivity (Wildman–Crippen MR) is 110 cm³/mol. The van der Waals surface area contributed by atoms with Crippen LogP contribution in [0.1, 0.15) is 24.0 Å². The summed E-state index contributed by atoms with van der Waals surface area (Å²) in [5, 5.41) is 20.5. The van der Waals surface area contributed by atoms with E-state index in [1.54, 1.807) is 18.2 Å². The van der Waals surface area contributed by atoms with Crippen molar-refractivity contribution in [2.45, 2.75) is 12.8 Å². The van der Waals surface area contributed by atoms with Crippen molar-refractivity contribution in [2.24, 2.45) is 5.92 Å². The highest BCUT2D eigenvalue weighted by Crippen LogP contribution is 2.23. The summed E-state index contributed by atoms with van der Waals surface area (Å²) < 4.78 is 5.16. The second-order valence-corrected chi connectivity index (χ2v) is 7.15. The van der Waals surface area contributed by atoms with Crippen LogP contribution in [0, 0.1) is 28.6 Å². The van der Waals surface area contributed by atoms with Crippen molar-refractivity contribution in [1.82, 2.24) is 4.98 Å². The third-order valence-electron chi connectivity index (χ3n) is 4.75. The smallest absolute Gasteiger partial charge is 0.309 e. The zero-order valence-electron chi connectivity index (χ0n) is 16.0. The Hall–Kier alpha value is -3.62. The van der Waals surface area contributed by atoms with E-state index in [1.165, 1.54) is 18.3 Å². The number of rotatable bonds is 5. The van der Waals surface area contributed by atoms with Crippen LogP contribution in [-0.4, -0.2) is 36.6 Å². The van der Waals surface area contributed by atoms with Crippen LogP contribution in [-0.2, 0) is 14.3 Å². The van der Waals surface area contributed by atoms with Gasteiger partial charge in [-0.3, -0.25) is 9.59 Å². The number of hydrogen-bond donors (Lipinski definition) is 1. The number of halogens is 1. The maximum atomic E-state index is 12.3. The van der Waals surface area contributed by atoms with Crippen LogP contribution in [0.25, 0.3) is 0 Å². The van der Waals surface area contributed by atoms with Gasteiger partial charge < -0.3 is 15.0 Å². The molecule has 1 aliphatic rings. The lowest BCUT2D eigenvalue weighted by Crippen LogP contribution is -2.38. The Kier molecular flexibility index (Phi) is 6.84. The van der Waals surface area contributed by atoms with Crippen molar-refractivity contribution in [3.8, 4) is 12.1 Å². The van der Waals surface area contributed by atoms with Gasteiger partial charge in [0.15, 0.2) is 6.61 Å². The van der Waals surface area contributed by atoms with Gasteiger partial charge in [0, 0.05) is 25.0 Å². The number of benzene rings is 1. The van der Waals surface area contributed by atoms with Crippen LogP contribution in [0.3, 0.4) is 0 Å². The molecule has 1 aliphatic heterocycles. The number of pyridine rings is 1. The maximum Gasteiger partial charge on any atom is 0.309 e. The van der Waals surface area contributed by atoms with E-state index < -0.39 is 18.5 Å². The molecule has 1 aromatic heterocycles. The second-order valence-electron chi connectivity index (χ2n) is 6.74. The van der Waals surface area contributed by atoms with Gasteiger partial charge in [-0.25, -0.2) is 4.98 Å². The molecule has 1 amide bonds. The van der Waals surface area contributed by atoms with Crippen molar-refractivity contribution < 1.29 is 14.3 Å². The molecule has 0 saturated carbocycles. The first-order valence-electron chi connectivity index (χ1n) is 9.27. The highest BCUT2D eigenvalue weighted by molar-refractivity contribution is 6.32. The molecule has 0 atom stereocenters. The lowest BCUT2D eigenvalue weighted by molar-refractivity contribution is -0.152. The van der Waals surface area contributed by atoms with Crippen LogP contribution < -0.4 is 10.2 Å². The topological polar surface area (TPSA) is 119 Å². The molecule has 1 fully saturated rings. The number of nitriles is 2. The number of hydrogen-bond acceptors (Lipinski definition) is 7. The molecule has 8 nitrogen and oxygen atoms in total. The zero-order valence-corrected chi connectivity index (χ0v) is 16.7. The number of amides is 1.